The lowest BCUT2D eigenvalue weighted by atomic mass is 10.1. The number of rotatable bonds is 4. The smallest absolute Gasteiger partial charge is 0.351 e. The molecule has 0 spiro atoms. The van der Waals surface area contributed by atoms with E-state index in [2.05, 4.69) is 5.32 Å². The number of allylic oxidation sites excluding steroid dienone is 2. The fourth-order valence-corrected chi connectivity index (χ4v) is 2.62. The molecule has 0 saturated heterocycles. The van der Waals surface area contributed by atoms with Gasteiger partial charge in [0.1, 0.15) is 5.70 Å². The maximum Gasteiger partial charge on any atom is 0.431 e. The molecule has 0 aliphatic carbocycles. The van der Waals surface area contributed by atoms with E-state index < -0.39 is 17.7 Å². The Hall–Kier alpha value is -2.79. The Labute approximate surface area is 152 Å². The highest BCUT2D eigenvalue weighted by Gasteiger charge is 2.35. The molecule has 2 nitrogen and oxygen atoms in total. The van der Waals surface area contributed by atoms with E-state index in [9.17, 15) is 18.0 Å². The summed E-state index contributed by atoms with van der Waals surface area (Å²) < 4.78 is 40.3. The van der Waals surface area contributed by atoms with Crippen LogP contribution >= 0.6 is 11.6 Å². The SMILES string of the molecule is O=C(C=C(Nc1cccc2ccccc12)C(F)(F)F)c1ccc(Cl)cc1. The summed E-state index contributed by atoms with van der Waals surface area (Å²) in [5, 5.41) is 4.19. The second kappa shape index (κ2) is 7.22. The van der Waals surface area contributed by atoms with E-state index in [1.807, 2.05) is 0 Å². The third-order valence-electron chi connectivity index (χ3n) is 3.77. The summed E-state index contributed by atoms with van der Waals surface area (Å²) in [7, 11) is 0. The standard InChI is InChI=1S/C20H13ClF3NO/c21-15-10-8-14(9-11-15)18(26)12-19(20(22,23)24)25-17-7-3-5-13-4-1-2-6-16(13)17/h1-12,25H. The van der Waals surface area contributed by atoms with Crippen molar-refractivity contribution in [2.75, 3.05) is 5.32 Å². The van der Waals surface area contributed by atoms with Gasteiger partial charge in [-0.3, -0.25) is 4.79 Å². The van der Waals surface area contributed by atoms with Crippen molar-refractivity contribution in [2.24, 2.45) is 0 Å². The van der Waals surface area contributed by atoms with Crippen LogP contribution in [-0.2, 0) is 0 Å². The molecule has 1 N–H and O–H groups in total. The molecule has 26 heavy (non-hydrogen) atoms. The second-order valence-electron chi connectivity index (χ2n) is 5.58. The molecule has 3 rings (SSSR count). The summed E-state index contributed by atoms with van der Waals surface area (Å²) in [6.45, 7) is 0. The molecule has 6 heteroatoms. The Morgan fingerprint density at radius 3 is 2.27 bits per heavy atom. The van der Waals surface area contributed by atoms with Crippen molar-refractivity contribution >= 4 is 33.8 Å². The third-order valence-corrected chi connectivity index (χ3v) is 4.02. The van der Waals surface area contributed by atoms with Crippen molar-refractivity contribution in [3.63, 3.8) is 0 Å². The molecule has 132 valence electrons. The largest absolute Gasteiger partial charge is 0.431 e. The molecular weight excluding hydrogens is 363 g/mol. The van der Waals surface area contributed by atoms with Crippen molar-refractivity contribution in [1.82, 2.24) is 0 Å². The molecule has 0 heterocycles. The highest BCUT2D eigenvalue weighted by atomic mass is 35.5. The Morgan fingerprint density at radius 1 is 0.923 bits per heavy atom. The van der Waals surface area contributed by atoms with Crippen LogP contribution in [0.5, 0.6) is 0 Å². The van der Waals surface area contributed by atoms with Crippen molar-refractivity contribution in [1.29, 1.82) is 0 Å². The van der Waals surface area contributed by atoms with Crippen LogP contribution in [0.1, 0.15) is 10.4 Å². The number of benzene rings is 3. The van der Waals surface area contributed by atoms with Gasteiger partial charge >= 0.3 is 6.18 Å². The van der Waals surface area contributed by atoms with Crippen molar-refractivity contribution in [3.05, 3.63) is 89.1 Å². The molecule has 0 aliphatic rings. The van der Waals surface area contributed by atoms with E-state index in [4.69, 9.17) is 11.6 Å². The van der Waals surface area contributed by atoms with Crippen LogP contribution < -0.4 is 5.32 Å². The number of hydrogen-bond acceptors (Lipinski definition) is 2. The summed E-state index contributed by atoms with van der Waals surface area (Å²) in [5.41, 5.74) is -0.736. The maximum absolute atomic E-state index is 13.4. The normalized spacial score (nSPS) is 12.2. The fourth-order valence-electron chi connectivity index (χ4n) is 2.50. The molecule has 0 unspecified atom stereocenters. The quantitative estimate of drug-likeness (QED) is 0.432. The topological polar surface area (TPSA) is 29.1 Å². The zero-order chi connectivity index (χ0) is 18.7. The first-order valence-electron chi connectivity index (χ1n) is 7.68. The second-order valence-corrected chi connectivity index (χ2v) is 6.02. The van der Waals surface area contributed by atoms with Gasteiger partial charge in [-0.15, -0.1) is 0 Å². The Bertz CT molecular complexity index is 973. The van der Waals surface area contributed by atoms with Crippen LogP contribution in [0.25, 0.3) is 10.8 Å². The van der Waals surface area contributed by atoms with Gasteiger partial charge in [-0.1, -0.05) is 48.0 Å². The van der Waals surface area contributed by atoms with E-state index in [0.29, 0.717) is 16.5 Å². The summed E-state index contributed by atoms with van der Waals surface area (Å²) in [6, 6.07) is 17.7. The lowest BCUT2D eigenvalue weighted by molar-refractivity contribution is -0.0903. The number of carbonyl (C=O) groups is 1. The molecule has 0 fully saturated rings. The first-order chi connectivity index (χ1) is 12.3. The van der Waals surface area contributed by atoms with Gasteiger partial charge in [-0.25, -0.2) is 0 Å². The average molecular weight is 376 g/mol. The van der Waals surface area contributed by atoms with Gasteiger partial charge in [-0.2, -0.15) is 13.2 Å². The minimum atomic E-state index is -4.71. The molecule has 0 atom stereocenters. The number of anilines is 1. The number of hydrogen-bond donors (Lipinski definition) is 1. The maximum atomic E-state index is 13.4. The molecule has 0 saturated carbocycles. The molecular formula is C20H13ClF3NO. The first kappa shape index (κ1) is 18.0. The van der Waals surface area contributed by atoms with E-state index in [1.54, 1.807) is 36.4 Å². The van der Waals surface area contributed by atoms with Gasteiger partial charge < -0.3 is 5.32 Å². The number of ketones is 1. The van der Waals surface area contributed by atoms with Crippen LogP contribution in [0.4, 0.5) is 18.9 Å². The molecule has 0 aliphatic heterocycles. The van der Waals surface area contributed by atoms with Crippen LogP contribution in [0.15, 0.2) is 78.5 Å². The van der Waals surface area contributed by atoms with Gasteiger partial charge in [0.2, 0.25) is 0 Å². The predicted molar refractivity (Wildman–Crippen MR) is 97.5 cm³/mol. The molecule has 0 radical (unpaired) electrons. The van der Waals surface area contributed by atoms with Gasteiger partial charge in [-0.05, 0) is 35.7 Å². The van der Waals surface area contributed by atoms with Crippen LogP contribution in [0, 0.1) is 0 Å². The zero-order valence-electron chi connectivity index (χ0n) is 13.3. The predicted octanol–water partition coefficient (Wildman–Crippen LogP) is 6.23. The first-order valence-corrected chi connectivity index (χ1v) is 8.06. The van der Waals surface area contributed by atoms with Crippen molar-refractivity contribution in [2.45, 2.75) is 6.18 Å². The molecule has 0 bridgehead atoms. The van der Waals surface area contributed by atoms with E-state index in [0.717, 1.165) is 5.39 Å². The van der Waals surface area contributed by atoms with Crippen LogP contribution in [0.3, 0.4) is 0 Å². The third kappa shape index (κ3) is 4.06. The Balaban J connectivity index is 1.98. The lowest BCUT2D eigenvalue weighted by Crippen LogP contribution is -2.20. The van der Waals surface area contributed by atoms with Crippen LogP contribution in [-0.4, -0.2) is 12.0 Å². The van der Waals surface area contributed by atoms with E-state index in [1.165, 1.54) is 30.3 Å². The summed E-state index contributed by atoms with van der Waals surface area (Å²) in [4.78, 5) is 12.2. The number of alkyl halides is 3. The van der Waals surface area contributed by atoms with Crippen molar-refractivity contribution < 1.29 is 18.0 Å². The molecule has 0 amide bonds. The van der Waals surface area contributed by atoms with Crippen molar-refractivity contribution in [3.8, 4) is 0 Å². The molecule has 3 aromatic carbocycles. The number of fused-ring (bicyclic) bond motifs is 1. The highest BCUT2D eigenvalue weighted by Crippen LogP contribution is 2.31. The van der Waals surface area contributed by atoms with Crippen LogP contribution in [0.2, 0.25) is 5.02 Å². The summed E-state index contributed by atoms with van der Waals surface area (Å²) in [5.74, 6) is -0.762. The van der Waals surface area contributed by atoms with Gasteiger partial charge in [0.05, 0.1) is 0 Å². The van der Waals surface area contributed by atoms with Gasteiger partial charge in [0, 0.05) is 27.7 Å². The number of halogens is 4. The summed E-state index contributed by atoms with van der Waals surface area (Å²) >= 11 is 5.74. The van der Waals surface area contributed by atoms with Gasteiger partial charge in [0.25, 0.3) is 0 Å². The lowest BCUT2D eigenvalue weighted by Gasteiger charge is -2.16. The molecule has 0 aromatic heterocycles. The fraction of sp³-hybridized carbons (Fsp3) is 0.0500. The zero-order valence-corrected chi connectivity index (χ0v) is 14.1. The summed E-state index contributed by atoms with van der Waals surface area (Å²) in [6.07, 6.45) is -4.15. The van der Waals surface area contributed by atoms with Gasteiger partial charge in [0.15, 0.2) is 5.78 Å². The number of nitrogens with one attached hydrogen (secondary N) is 1. The minimum Gasteiger partial charge on any atom is -0.351 e. The Morgan fingerprint density at radius 2 is 1.58 bits per heavy atom. The highest BCUT2D eigenvalue weighted by molar-refractivity contribution is 6.30. The molecule has 3 aromatic rings. The van der Waals surface area contributed by atoms with E-state index >= 15 is 0 Å². The number of carbonyl (C=O) groups excluding carboxylic acids is 1. The van der Waals surface area contributed by atoms with E-state index in [-0.39, 0.29) is 11.3 Å². The minimum absolute atomic E-state index is 0.121. The monoisotopic (exact) mass is 375 g/mol. The Kier molecular flexibility index (Phi) is 5.00. The average Bonchev–Trinajstić information content (AvgIpc) is 2.61.